The van der Waals surface area contributed by atoms with Crippen LogP contribution in [0, 0.1) is 5.92 Å². The van der Waals surface area contributed by atoms with Gasteiger partial charge in [-0.3, -0.25) is 0 Å². The highest BCUT2D eigenvalue weighted by Gasteiger charge is 2.24. The summed E-state index contributed by atoms with van der Waals surface area (Å²) in [5.74, 6) is 0.663. The fraction of sp³-hybridized carbons (Fsp3) is 0.500. The van der Waals surface area contributed by atoms with Crippen LogP contribution in [0.25, 0.3) is 0 Å². The molecule has 1 aromatic rings. The summed E-state index contributed by atoms with van der Waals surface area (Å²) in [4.78, 5) is 0. The molecule has 0 bridgehead atoms. The predicted octanol–water partition coefficient (Wildman–Crippen LogP) is 4.82. The summed E-state index contributed by atoms with van der Waals surface area (Å²) in [7, 11) is 0. The van der Waals surface area contributed by atoms with Gasteiger partial charge in [-0.05, 0) is 42.5 Å². The molecule has 2 N–H and O–H groups in total. The van der Waals surface area contributed by atoms with Crippen LogP contribution >= 0.6 is 44.3 Å². The standard InChI is InChI=1S/C12H15Br2N.ClH/c13-9-5-6-11(14)10(7-9)12(15)8-3-1-2-4-8;/h5-8,12H,1-4,15H2;1H/t12-;/m1./s1. The zero-order chi connectivity index (χ0) is 10.8. The fourth-order valence-corrected chi connectivity index (χ4v) is 3.23. The molecular weight excluding hydrogens is 353 g/mol. The van der Waals surface area contributed by atoms with E-state index in [-0.39, 0.29) is 18.4 Å². The zero-order valence-electron chi connectivity index (χ0n) is 8.96. The van der Waals surface area contributed by atoms with E-state index in [1.165, 1.54) is 31.2 Å². The van der Waals surface area contributed by atoms with E-state index in [9.17, 15) is 0 Å². The second kappa shape index (κ2) is 6.39. The van der Waals surface area contributed by atoms with Crippen molar-refractivity contribution in [2.75, 3.05) is 0 Å². The average Bonchev–Trinajstić information content (AvgIpc) is 2.74. The highest BCUT2D eigenvalue weighted by atomic mass is 79.9. The van der Waals surface area contributed by atoms with Gasteiger partial charge < -0.3 is 5.73 Å². The van der Waals surface area contributed by atoms with Crippen molar-refractivity contribution in [1.82, 2.24) is 0 Å². The van der Waals surface area contributed by atoms with E-state index in [1.54, 1.807) is 0 Å². The van der Waals surface area contributed by atoms with Crippen molar-refractivity contribution in [3.8, 4) is 0 Å². The minimum absolute atomic E-state index is 0. The van der Waals surface area contributed by atoms with Crippen LogP contribution in [-0.2, 0) is 0 Å². The van der Waals surface area contributed by atoms with Gasteiger partial charge in [0.1, 0.15) is 0 Å². The number of hydrogen-bond donors (Lipinski definition) is 1. The first-order chi connectivity index (χ1) is 7.18. The quantitative estimate of drug-likeness (QED) is 0.794. The van der Waals surface area contributed by atoms with E-state index < -0.39 is 0 Å². The Balaban J connectivity index is 0.00000128. The first kappa shape index (κ1) is 14.5. The van der Waals surface area contributed by atoms with Gasteiger partial charge in [0.25, 0.3) is 0 Å². The first-order valence-corrected chi connectivity index (χ1v) is 6.97. The minimum atomic E-state index is 0. The van der Waals surface area contributed by atoms with E-state index >= 15 is 0 Å². The van der Waals surface area contributed by atoms with Gasteiger partial charge in [0.15, 0.2) is 0 Å². The summed E-state index contributed by atoms with van der Waals surface area (Å²) in [6, 6.07) is 6.41. The van der Waals surface area contributed by atoms with E-state index in [0.29, 0.717) is 5.92 Å². The van der Waals surface area contributed by atoms with Crippen molar-refractivity contribution in [3.05, 3.63) is 32.7 Å². The van der Waals surface area contributed by atoms with Crippen LogP contribution in [0.2, 0.25) is 0 Å². The van der Waals surface area contributed by atoms with E-state index in [1.807, 2.05) is 6.07 Å². The van der Waals surface area contributed by atoms with Gasteiger partial charge in [-0.2, -0.15) is 0 Å². The number of rotatable bonds is 2. The Labute approximate surface area is 120 Å². The number of nitrogens with two attached hydrogens (primary N) is 1. The Bertz CT molecular complexity index is 351. The third kappa shape index (κ3) is 3.22. The molecule has 0 amide bonds. The number of hydrogen-bond acceptors (Lipinski definition) is 1. The summed E-state index contributed by atoms with van der Waals surface area (Å²) >= 11 is 7.07. The highest BCUT2D eigenvalue weighted by molar-refractivity contribution is 9.11. The molecule has 1 aliphatic carbocycles. The molecule has 0 saturated heterocycles. The van der Waals surface area contributed by atoms with Crippen molar-refractivity contribution in [2.45, 2.75) is 31.7 Å². The molecule has 1 aromatic carbocycles. The topological polar surface area (TPSA) is 26.0 Å². The average molecular weight is 370 g/mol. The Morgan fingerprint density at radius 3 is 2.44 bits per heavy atom. The maximum atomic E-state index is 6.32. The van der Waals surface area contributed by atoms with Gasteiger partial charge in [-0.1, -0.05) is 44.7 Å². The van der Waals surface area contributed by atoms with Crippen LogP contribution in [0.3, 0.4) is 0 Å². The van der Waals surface area contributed by atoms with Crippen molar-refractivity contribution in [1.29, 1.82) is 0 Å². The van der Waals surface area contributed by atoms with Gasteiger partial charge in [0.2, 0.25) is 0 Å². The summed E-state index contributed by atoms with van der Waals surface area (Å²) in [5.41, 5.74) is 7.55. The second-order valence-corrected chi connectivity index (χ2v) is 6.01. The molecule has 1 saturated carbocycles. The smallest absolute Gasteiger partial charge is 0.0335 e. The summed E-state index contributed by atoms with van der Waals surface area (Å²) in [6.45, 7) is 0. The lowest BCUT2D eigenvalue weighted by Gasteiger charge is -2.20. The lowest BCUT2D eigenvalue weighted by Crippen LogP contribution is -2.19. The van der Waals surface area contributed by atoms with Crippen LogP contribution in [0.15, 0.2) is 27.1 Å². The second-order valence-electron chi connectivity index (χ2n) is 4.24. The monoisotopic (exact) mass is 367 g/mol. The molecule has 0 spiro atoms. The summed E-state index contributed by atoms with van der Waals surface area (Å²) in [5, 5.41) is 0. The van der Waals surface area contributed by atoms with Gasteiger partial charge in [0, 0.05) is 15.0 Å². The number of benzene rings is 1. The molecule has 0 aromatic heterocycles. The van der Waals surface area contributed by atoms with Crippen LogP contribution in [0.5, 0.6) is 0 Å². The summed E-state index contributed by atoms with van der Waals surface area (Å²) < 4.78 is 2.24. The van der Waals surface area contributed by atoms with E-state index in [2.05, 4.69) is 44.0 Å². The Hall–Kier alpha value is 0.430. The van der Waals surface area contributed by atoms with E-state index in [0.717, 1.165) is 8.95 Å². The molecule has 0 aliphatic heterocycles. The van der Waals surface area contributed by atoms with Crippen LogP contribution < -0.4 is 5.73 Å². The zero-order valence-corrected chi connectivity index (χ0v) is 12.9. The molecule has 1 nitrogen and oxygen atoms in total. The third-order valence-electron chi connectivity index (χ3n) is 3.22. The maximum Gasteiger partial charge on any atom is 0.0335 e. The Kier molecular flexibility index (Phi) is 5.78. The van der Waals surface area contributed by atoms with Crippen molar-refractivity contribution < 1.29 is 0 Å². The van der Waals surface area contributed by atoms with E-state index in [4.69, 9.17) is 5.73 Å². The first-order valence-electron chi connectivity index (χ1n) is 5.39. The molecule has 1 fully saturated rings. The lowest BCUT2D eigenvalue weighted by atomic mass is 9.93. The van der Waals surface area contributed by atoms with Gasteiger partial charge in [0.05, 0.1) is 0 Å². The molecule has 2 rings (SSSR count). The predicted molar refractivity (Wildman–Crippen MR) is 78.0 cm³/mol. The molecule has 0 heterocycles. The minimum Gasteiger partial charge on any atom is -0.324 e. The SMILES string of the molecule is Cl.N[C@@H](c1cc(Br)ccc1Br)C1CCCC1. The molecule has 0 radical (unpaired) electrons. The molecular formula is C12H16Br2ClN. The molecule has 1 aliphatic rings. The highest BCUT2D eigenvalue weighted by Crippen LogP contribution is 2.37. The molecule has 1 atom stereocenters. The normalized spacial score (nSPS) is 18.2. The molecule has 90 valence electrons. The van der Waals surface area contributed by atoms with Gasteiger partial charge in [-0.15, -0.1) is 12.4 Å². The fourth-order valence-electron chi connectivity index (χ4n) is 2.34. The van der Waals surface area contributed by atoms with Crippen LogP contribution in [-0.4, -0.2) is 0 Å². The van der Waals surface area contributed by atoms with Gasteiger partial charge in [-0.25, -0.2) is 0 Å². The third-order valence-corrected chi connectivity index (χ3v) is 4.44. The number of halogens is 3. The van der Waals surface area contributed by atoms with Gasteiger partial charge >= 0.3 is 0 Å². The molecule has 0 unspecified atom stereocenters. The Morgan fingerprint density at radius 1 is 1.19 bits per heavy atom. The lowest BCUT2D eigenvalue weighted by molar-refractivity contribution is 0.443. The molecule has 16 heavy (non-hydrogen) atoms. The van der Waals surface area contributed by atoms with Crippen molar-refractivity contribution in [2.24, 2.45) is 11.7 Å². The van der Waals surface area contributed by atoms with Crippen LogP contribution in [0.1, 0.15) is 37.3 Å². The van der Waals surface area contributed by atoms with Crippen molar-refractivity contribution in [3.63, 3.8) is 0 Å². The molecule has 4 heteroatoms. The maximum absolute atomic E-state index is 6.32. The summed E-state index contributed by atoms with van der Waals surface area (Å²) in [6.07, 6.45) is 5.23. The van der Waals surface area contributed by atoms with Crippen LogP contribution in [0.4, 0.5) is 0 Å². The Morgan fingerprint density at radius 2 is 1.81 bits per heavy atom. The largest absolute Gasteiger partial charge is 0.324 e. The van der Waals surface area contributed by atoms with Crippen molar-refractivity contribution >= 4 is 44.3 Å².